The zero-order valence-electron chi connectivity index (χ0n) is 6.85. The average molecular weight is 215 g/mol. The van der Waals surface area contributed by atoms with Crippen LogP contribution in [0.25, 0.3) is 0 Å². The number of carbonyl (C=O) groups excluding carboxylic acids is 2. The van der Waals surface area contributed by atoms with Gasteiger partial charge in [0.25, 0.3) is 0 Å². The minimum atomic E-state index is -4.50. The van der Waals surface area contributed by atoms with Crippen molar-refractivity contribution >= 4 is 11.9 Å². The van der Waals surface area contributed by atoms with Gasteiger partial charge in [0.2, 0.25) is 5.91 Å². The molecule has 0 aliphatic heterocycles. The molecule has 3 amide bonds. The number of primary amides is 1. The quantitative estimate of drug-likeness (QED) is 0.539. The number of hydrogen-bond donors (Lipinski definition) is 3. The van der Waals surface area contributed by atoms with E-state index in [9.17, 15) is 22.8 Å². The number of rotatable bonds is 4. The number of hydroxylamine groups is 1. The Morgan fingerprint density at radius 3 is 2.36 bits per heavy atom. The van der Waals surface area contributed by atoms with Crippen LogP contribution in [0.2, 0.25) is 0 Å². The Bertz CT molecular complexity index is 218. The molecule has 9 heteroatoms. The van der Waals surface area contributed by atoms with E-state index in [2.05, 4.69) is 10.6 Å². The molecule has 4 N–H and O–H groups in total. The summed E-state index contributed by atoms with van der Waals surface area (Å²) in [6.45, 7) is -2.10. The predicted molar refractivity (Wildman–Crippen MR) is 37.7 cm³/mol. The van der Waals surface area contributed by atoms with Gasteiger partial charge in [-0.2, -0.15) is 13.2 Å². The van der Waals surface area contributed by atoms with Crippen molar-refractivity contribution in [2.24, 2.45) is 5.73 Å². The van der Waals surface area contributed by atoms with Crippen LogP contribution in [0.1, 0.15) is 0 Å². The highest BCUT2D eigenvalue weighted by Crippen LogP contribution is 2.11. The lowest BCUT2D eigenvalue weighted by atomic mass is 10.6. The molecular weight excluding hydrogens is 207 g/mol. The van der Waals surface area contributed by atoms with E-state index in [1.165, 1.54) is 10.8 Å². The van der Waals surface area contributed by atoms with Crippen LogP contribution in [0.15, 0.2) is 0 Å². The van der Waals surface area contributed by atoms with Gasteiger partial charge in [0, 0.05) is 0 Å². The minimum Gasteiger partial charge on any atom is -0.368 e. The van der Waals surface area contributed by atoms with Gasteiger partial charge in [-0.25, -0.2) is 10.3 Å². The Hall–Kier alpha value is -1.51. The smallest absolute Gasteiger partial charge is 0.368 e. The minimum absolute atomic E-state index is 0.612. The third-order valence-electron chi connectivity index (χ3n) is 0.829. The molecule has 0 fully saturated rings. The maximum absolute atomic E-state index is 11.5. The van der Waals surface area contributed by atoms with E-state index < -0.39 is 31.3 Å². The van der Waals surface area contributed by atoms with E-state index in [0.717, 1.165) is 0 Å². The Balaban J connectivity index is 3.52. The molecule has 0 radical (unpaired) electrons. The van der Waals surface area contributed by atoms with Crippen molar-refractivity contribution in [3.8, 4) is 0 Å². The highest BCUT2D eigenvalue weighted by Gasteiger charge is 2.27. The largest absolute Gasteiger partial charge is 0.405 e. The van der Waals surface area contributed by atoms with E-state index in [0.29, 0.717) is 0 Å². The van der Waals surface area contributed by atoms with E-state index >= 15 is 0 Å². The fourth-order valence-electron chi connectivity index (χ4n) is 0.389. The van der Waals surface area contributed by atoms with Crippen molar-refractivity contribution in [3.63, 3.8) is 0 Å². The number of halogens is 3. The van der Waals surface area contributed by atoms with Crippen LogP contribution in [-0.4, -0.2) is 31.3 Å². The maximum atomic E-state index is 11.5. The lowest BCUT2D eigenvalue weighted by molar-refractivity contribution is -0.126. The first-order valence-electron chi connectivity index (χ1n) is 3.32. The molecule has 0 aliphatic carbocycles. The molecule has 0 rings (SSSR count). The summed E-state index contributed by atoms with van der Waals surface area (Å²) < 4.78 is 34.5. The summed E-state index contributed by atoms with van der Waals surface area (Å²) in [5, 5.41) is 1.44. The van der Waals surface area contributed by atoms with E-state index in [4.69, 9.17) is 0 Å². The molecule has 0 aromatic carbocycles. The number of urea groups is 1. The van der Waals surface area contributed by atoms with Crippen LogP contribution in [0.4, 0.5) is 18.0 Å². The number of hydrogen-bond acceptors (Lipinski definition) is 3. The van der Waals surface area contributed by atoms with Crippen LogP contribution in [-0.2, 0) is 9.63 Å². The lowest BCUT2D eigenvalue weighted by Gasteiger charge is -2.08. The summed E-state index contributed by atoms with van der Waals surface area (Å²) >= 11 is 0. The summed E-state index contributed by atoms with van der Waals surface area (Å²) in [5.41, 5.74) is 6.14. The van der Waals surface area contributed by atoms with Gasteiger partial charge < -0.3 is 11.1 Å². The van der Waals surface area contributed by atoms with Crippen molar-refractivity contribution in [1.29, 1.82) is 0 Å². The standard InChI is InChI=1S/C5H8F3N3O3/c6-5(7,8)2-10-4(13)11-14-1-3(9)12/h1-2H2,(H2,9,12)(H2,10,11,13). The zero-order valence-corrected chi connectivity index (χ0v) is 6.85. The van der Waals surface area contributed by atoms with Gasteiger partial charge in [-0.05, 0) is 0 Å². The summed E-state index contributed by atoms with van der Waals surface area (Å²) in [6, 6.07) is -1.21. The highest BCUT2D eigenvalue weighted by atomic mass is 19.4. The molecule has 0 aliphatic rings. The summed E-state index contributed by atoms with van der Waals surface area (Å²) in [7, 11) is 0. The number of amides is 3. The molecule has 14 heavy (non-hydrogen) atoms. The normalized spacial score (nSPS) is 10.8. The maximum Gasteiger partial charge on any atom is 0.405 e. The molecule has 82 valence electrons. The van der Waals surface area contributed by atoms with Crippen molar-refractivity contribution in [1.82, 2.24) is 10.8 Å². The van der Waals surface area contributed by atoms with Gasteiger partial charge in [-0.15, -0.1) is 0 Å². The Labute approximate surface area is 76.5 Å². The Morgan fingerprint density at radius 2 is 1.93 bits per heavy atom. The summed E-state index contributed by atoms with van der Waals surface area (Å²) in [4.78, 5) is 24.6. The van der Waals surface area contributed by atoms with E-state index in [1.807, 2.05) is 0 Å². The van der Waals surface area contributed by atoms with Gasteiger partial charge in [-0.1, -0.05) is 0 Å². The van der Waals surface area contributed by atoms with Gasteiger partial charge in [0.05, 0.1) is 0 Å². The van der Waals surface area contributed by atoms with Crippen molar-refractivity contribution < 1.29 is 27.6 Å². The number of nitrogens with one attached hydrogen (secondary N) is 2. The summed E-state index contributed by atoms with van der Waals surface area (Å²) in [6.07, 6.45) is -4.50. The van der Waals surface area contributed by atoms with E-state index in [-0.39, 0.29) is 0 Å². The van der Waals surface area contributed by atoms with E-state index in [1.54, 1.807) is 0 Å². The molecule has 6 nitrogen and oxygen atoms in total. The number of alkyl halides is 3. The monoisotopic (exact) mass is 215 g/mol. The highest BCUT2D eigenvalue weighted by molar-refractivity contribution is 5.76. The number of carbonyl (C=O) groups is 2. The first kappa shape index (κ1) is 12.5. The molecule has 0 aromatic heterocycles. The number of nitrogens with two attached hydrogens (primary N) is 1. The van der Waals surface area contributed by atoms with Crippen LogP contribution >= 0.6 is 0 Å². The predicted octanol–water partition coefficient (Wildman–Crippen LogP) is -0.735. The molecular formula is C5H8F3N3O3. The third-order valence-corrected chi connectivity index (χ3v) is 0.829. The Morgan fingerprint density at radius 1 is 1.36 bits per heavy atom. The first-order chi connectivity index (χ1) is 6.31. The van der Waals surface area contributed by atoms with Crippen LogP contribution in [0.3, 0.4) is 0 Å². The SMILES string of the molecule is NC(=O)CONC(=O)NCC(F)(F)F. The second-order valence-corrected chi connectivity index (χ2v) is 2.15. The summed E-state index contributed by atoms with van der Waals surface area (Å²) in [5.74, 6) is -0.860. The average Bonchev–Trinajstić information content (AvgIpc) is 1.99. The van der Waals surface area contributed by atoms with Crippen LogP contribution in [0, 0.1) is 0 Å². The van der Waals surface area contributed by atoms with Gasteiger partial charge in [0.1, 0.15) is 6.54 Å². The van der Waals surface area contributed by atoms with Crippen LogP contribution < -0.4 is 16.5 Å². The molecule has 0 saturated carbocycles. The van der Waals surface area contributed by atoms with Gasteiger partial charge in [-0.3, -0.25) is 9.63 Å². The second-order valence-electron chi connectivity index (χ2n) is 2.15. The molecule has 0 spiro atoms. The molecule has 0 bridgehead atoms. The fraction of sp³-hybridized carbons (Fsp3) is 0.600. The molecule has 0 aromatic rings. The van der Waals surface area contributed by atoms with Gasteiger partial charge >= 0.3 is 12.2 Å². The topological polar surface area (TPSA) is 93.5 Å². The molecule has 0 saturated heterocycles. The fourth-order valence-corrected chi connectivity index (χ4v) is 0.389. The molecule has 0 atom stereocenters. The third kappa shape index (κ3) is 8.59. The lowest BCUT2D eigenvalue weighted by Crippen LogP contribution is -2.41. The first-order valence-corrected chi connectivity index (χ1v) is 3.32. The Kier molecular flexibility index (Phi) is 4.70. The molecule has 0 unspecified atom stereocenters. The van der Waals surface area contributed by atoms with Gasteiger partial charge in [0.15, 0.2) is 6.61 Å². The zero-order chi connectivity index (χ0) is 11.2. The second kappa shape index (κ2) is 5.27. The van der Waals surface area contributed by atoms with Crippen molar-refractivity contribution in [2.45, 2.75) is 6.18 Å². The van der Waals surface area contributed by atoms with Crippen molar-refractivity contribution in [2.75, 3.05) is 13.2 Å². The van der Waals surface area contributed by atoms with Crippen molar-refractivity contribution in [3.05, 3.63) is 0 Å². The molecule has 0 heterocycles. The van der Waals surface area contributed by atoms with Crippen LogP contribution in [0.5, 0.6) is 0 Å².